The van der Waals surface area contributed by atoms with Crippen LogP contribution in [0.5, 0.6) is 5.75 Å². The number of ether oxygens (including phenoxy) is 1. The lowest BCUT2D eigenvalue weighted by molar-refractivity contribution is 0.111. The van der Waals surface area contributed by atoms with Gasteiger partial charge in [-0.2, -0.15) is 0 Å². The second-order valence-corrected chi connectivity index (χ2v) is 7.37. The summed E-state index contributed by atoms with van der Waals surface area (Å²) in [5.41, 5.74) is 6.27. The van der Waals surface area contributed by atoms with Gasteiger partial charge in [0.2, 0.25) is 0 Å². The number of nitrogens with zero attached hydrogens (tertiary/aromatic N) is 1. The molecule has 0 radical (unpaired) electrons. The monoisotopic (exact) mass is 389 g/mol. The number of aryl methyl sites for hydroxylation is 2. The normalized spacial score (nSPS) is 11.0. The topological polar surface area (TPSA) is 30.7 Å². The molecule has 0 saturated carbocycles. The largest absolute Gasteiger partial charge is 0.488 e. The van der Waals surface area contributed by atoms with Gasteiger partial charge in [-0.15, -0.1) is 0 Å². The number of hydrogen-bond acceptors (Lipinski definition) is 2. The van der Waals surface area contributed by atoms with Gasteiger partial charge in [0.25, 0.3) is 0 Å². The molecule has 3 nitrogen and oxygen atoms in total. The van der Waals surface area contributed by atoms with Gasteiger partial charge in [-0.05, 0) is 54.8 Å². The van der Waals surface area contributed by atoms with E-state index in [9.17, 15) is 4.79 Å². The highest BCUT2D eigenvalue weighted by Gasteiger charge is 2.18. The van der Waals surface area contributed by atoms with Crippen molar-refractivity contribution in [3.8, 4) is 16.9 Å². The first-order chi connectivity index (χ1) is 13.6. The molecule has 2 aromatic heterocycles. The van der Waals surface area contributed by atoms with Crippen LogP contribution in [0.25, 0.3) is 16.6 Å². The first-order valence-electron chi connectivity index (χ1n) is 9.11. The second-order valence-electron chi connectivity index (χ2n) is 6.94. The summed E-state index contributed by atoms with van der Waals surface area (Å²) in [5.74, 6) is 0.740. The predicted molar refractivity (Wildman–Crippen MR) is 113 cm³/mol. The number of pyridine rings is 1. The zero-order chi connectivity index (χ0) is 19.7. The van der Waals surface area contributed by atoms with Gasteiger partial charge in [-0.25, -0.2) is 0 Å². The molecule has 0 spiro atoms. The van der Waals surface area contributed by atoms with Crippen LogP contribution in [0.15, 0.2) is 66.9 Å². The minimum atomic E-state index is 0.444. The molecule has 0 bridgehead atoms. The van der Waals surface area contributed by atoms with Gasteiger partial charge in [0.1, 0.15) is 12.4 Å². The van der Waals surface area contributed by atoms with Crippen molar-refractivity contribution in [1.82, 2.24) is 4.40 Å². The number of rotatable bonds is 5. The van der Waals surface area contributed by atoms with Gasteiger partial charge in [0, 0.05) is 27.9 Å². The first-order valence-corrected chi connectivity index (χ1v) is 9.49. The number of carbonyl (C=O) groups excluding carboxylic acids is 1. The summed E-state index contributed by atoms with van der Waals surface area (Å²) in [7, 11) is 0. The molecule has 0 unspecified atom stereocenters. The number of carbonyl (C=O) groups is 1. The standard InChI is InChI=1S/C24H20ClNO2/c1-16-8-9-20-12-21(23(14-27)26(20)13-16)22-11-19(25)10-17(2)24(22)28-15-18-6-4-3-5-7-18/h3-14H,15H2,1-2H3. The Balaban J connectivity index is 1.85. The number of fused-ring (bicyclic) bond motifs is 1. The number of aromatic nitrogens is 1. The summed E-state index contributed by atoms with van der Waals surface area (Å²) >= 11 is 6.36. The first kappa shape index (κ1) is 18.3. The van der Waals surface area contributed by atoms with Crippen LogP contribution in [0.3, 0.4) is 0 Å². The van der Waals surface area contributed by atoms with E-state index in [0.717, 1.165) is 45.4 Å². The van der Waals surface area contributed by atoms with Crippen molar-refractivity contribution >= 4 is 23.4 Å². The molecule has 4 rings (SSSR count). The summed E-state index contributed by atoms with van der Waals surface area (Å²) in [6, 6.07) is 19.8. The summed E-state index contributed by atoms with van der Waals surface area (Å²) in [6.07, 6.45) is 2.85. The van der Waals surface area contributed by atoms with E-state index >= 15 is 0 Å². The highest BCUT2D eigenvalue weighted by molar-refractivity contribution is 6.31. The Labute approximate surface area is 169 Å². The molecule has 0 N–H and O–H groups in total. The van der Waals surface area contributed by atoms with Gasteiger partial charge in [-0.3, -0.25) is 4.79 Å². The number of aldehydes is 1. The van der Waals surface area contributed by atoms with E-state index in [-0.39, 0.29) is 0 Å². The third-order valence-corrected chi connectivity index (χ3v) is 5.04. The maximum absolute atomic E-state index is 12.0. The van der Waals surface area contributed by atoms with Gasteiger partial charge >= 0.3 is 0 Å². The maximum Gasteiger partial charge on any atom is 0.167 e. The van der Waals surface area contributed by atoms with Crippen LogP contribution in [0.4, 0.5) is 0 Å². The average molecular weight is 390 g/mol. The molecule has 0 aliphatic rings. The maximum atomic E-state index is 12.0. The van der Waals surface area contributed by atoms with Crippen molar-refractivity contribution < 1.29 is 9.53 Å². The molecule has 0 aliphatic carbocycles. The summed E-state index contributed by atoms with van der Waals surface area (Å²) in [6.45, 7) is 4.42. The minimum Gasteiger partial charge on any atom is -0.488 e. The highest BCUT2D eigenvalue weighted by atomic mass is 35.5. The smallest absolute Gasteiger partial charge is 0.167 e. The third-order valence-electron chi connectivity index (χ3n) is 4.82. The molecule has 0 amide bonds. The Morgan fingerprint density at radius 1 is 1.00 bits per heavy atom. The van der Waals surface area contributed by atoms with E-state index < -0.39 is 0 Å². The van der Waals surface area contributed by atoms with Crippen molar-refractivity contribution in [1.29, 1.82) is 0 Å². The molecule has 140 valence electrons. The van der Waals surface area contributed by atoms with E-state index in [2.05, 4.69) is 0 Å². The molecular weight excluding hydrogens is 370 g/mol. The van der Waals surface area contributed by atoms with Crippen LogP contribution >= 0.6 is 11.6 Å². The lowest BCUT2D eigenvalue weighted by atomic mass is 10.0. The summed E-state index contributed by atoms with van der Waals surface area (Å²) in [5, 5.41) is 0.614. The van der Waals surface area contributed by atoms with E-state index in [0.29, 0.717) is 17.3 Å². The van der Waals surface area contributed by atoms with Crippen molar-refractivity contribution in [3.63, 3.8) is 0 Å². The van der Waals surface area contributed by atoms with Crippen LogP contribution < -0.4 is 4.74 Å². The Bertz CT molecular complexity index is 1160. The van der Waals surface area contributed by atoms with E-state index in [1.54, 1.807) is 0 Å². The Kier molecular flexibility index (Phi) is 4.93. The zero-order valence-electron chi connectivity index (χ0n) is 15.8. The van der Waals surface area contributed by atoms with E-state index in [1.165, 1.54) is 0 Å². The lowest BCUT2D eigenvalue weighted by Gasteiger charge is -2.15. The van der Waals surface area contributed by atoms with Crippen LogP contribution in [-0.4, -0.2) is 10.7 Å². The van der Waals surface area contributed by atoms with E-state index in [1.807, 2.05) is 85.1 Å². The number of hydrogen-bond donors (Lipinski definition) is 0. The van der Waals surface area contributed by atoms with Crippen molar-refractivity contribution in [2.75, 3.05) is 0 Å². The Morgan fingerprint density at radius 3 is 2.54 bits per heavy atom. The molecule has 2 heterocycles. The fraction of sp³-hybridized carbons (Fsp3) is 0.125. The van der Waals surface area contributed by atoms with Gasteiger partial charge in [0.05, 0.1) is 5.69 Å². The lowest BCUT2D eigenvalue weighted by Crippen LogP contribution is -2.00. The minimum absolute atomic E-state index is 0.444. The second kappa shape index (κ2) is 7.53. The summed E-state index contributed by atoms with van der Waals surface area (Å²) < 4.78 is 8.11. The van der Waals surface area contributed by atoms with Crippen LogP contribution in [0.1, 0.15) is 27.2 Å². The fourth-order valence-corrected chi connectivity index (χ4v) is 3.76. The molecular formula is C24H20ClNO2. The Morgan fingerprint density at radius 2 is 1.79 bits per heavy atom. The van der Waals surface area contributed by atoms with Gasteiger partial charge in [0.15, 0.2) is 6.29 Å². The van der Waals surface area contributed by atoms with Gasteiger partial charge in [-0.1, -0.05) is 48.0 Å². The van der Waals surface area contributed by atoms with E-state index in [4.69, 9.17) is 16.3 Å². The Hall–Kier alpha value is -3.04. The van der Waals surface area contributed by atoms with Crippen molar-refractivity contribution in [3.05, 3.63) is 94.3 Å². The molecule has 0 atom stereocenters. The molecule has 4 aromatic rings. The number of benzene rings is 2. The third kappa shape index (κ3) is 3.41. The highest BCUT2D eigenvalue weighted by Crippen LogP contribution is 2.39. The molecule has 4 heteroatoms. The SMILES string of the molecule is Cc1ccc2cc(-c3cc(Cl)cc(C)c3OCc3ccccc3)c(C=O)n2c1. The quantitative estimate of drug-likeness (QED) is 0.377. The van der Waals surface area contributed by atoms with Crippen LogP contribution in [0.2, 0.25) is 5.02 Å². The fourth-order valence-electron chi connectivity index (χ4n) is 3.48. The average Bonchev–Trinajstić information content (AvgIpc) is 3.05. The predicted octanol–water partition coefficient (Wildman–Crippen LogP) is 6.27. The molecule has 2 aromatic carbocycles. The molecule has 0 saturated heterocycles. The molecule has 0 fully saturated rings. The van der Waals surface area contributed by atoms with Crippen molar-refractivity contribution in [2.24, 2.45) is 0 Å². The molecule has 0 aliphatic heterocycles. The van der Waals surface area contributed by atoms with Crippen molar-refractivity contribution in [2.45, 2.75) is 20.5 Å². The van der Waals surface area contributed by atoms with Crippen LogP contribution in [0, 0.1) is 13.8 Å². The summed E-state index contributed by atoms with van der Waals surface area (Å²) in [4.78, 5) is 12.0. The number of halogens is 1. The molecule has 28 heavy (non-hydrogen) atoms. The van der Waals surface area contributed by atoms with Crippen LogP contribution in [-0.2, 0) is 6.61 Å². The zero-order valence-corrected chi connectivity index (χ0v) is 16.5. The van der Waals surface area contributed by atoms with Gasteiger partial charge < -0.3 is 9.14 Å².